The molecule has 0 spiro atoms. The molecule has 6 heteroatoms. The van der Waals surface area contributed by atoms with E-state index in [1.54, 1.807) is 6.07 Å². The van der Waals surface area contributed by atoms with Crippen LogP contribution in [0, 0.1) is 0 Å². The van der Waals surface area contributed by atoms with Gasteiger partial charge in [-0.25, -0.2) is 0 Å². The van der Waals surface area contributed by atoms with Crippen molar-refractivity contribution in [3.05, 3.63) is 58.9 Å². The van der Waals surface area contributed by atoms with Crippen molar-refractivity contribution in [1.29, 1.82) is 0 Å². The smallest absolute Gasteiger partial charge is 0.258 e. The largest absolute Gasteiger partial charge is 0.508 e. The van der Waals surface area contributed by atoms with Crippen LogP contribution in [0.5, 0.6) is 11.5 Å². The molecule has 0 amide bonds. The molecule has 21 heavy (non-hydrogen) atoms. The van der Waals surface area contributed by atoms with Crippen molar-refractivity contribution >= 4 is 11.6 Å². The van der Waals surface area contributed by atoms with Gasteiger partial charge in [0, 0.05) is 23.1 Å². The number of aromatic nitrogens is 2. The van der Waals surface area contributed by atoms with Crippen LogP contribution < -0.4 is 0 Å². The Bertz CT molecular complexity index is 766. The molecule has 0 fully saturated rings. The van der Waals surface area contributed by atoms with Gasteiger partial charge in [-0.1, -0.05) is 35.0 Å². The minimum absolute atomic E-state index is 0.0733. The van der Waals surface area contributed by atoms with Crippen LogP contribution in [0.2, 0.25) is 5.02 Å². The Hall–Kier alpha value is -2.53. The fourth-order valence-corrected chi connectivity index (χ4v) is 2.18. The lowest BCUT2D eigenvalue weighted by Crippen LogP contribution is -1.91. The predicted octanol–water partition coefficient (Wildman–Crippen LogP) is 3.39. The number of rotatable bonds is 3. The van der Waals surface area contributed by atoms with Crippen LogP contribution >= 0.6 is 11.6 Å². The van der Waals surface area contributed by atoms with Crippen molar-refractivity contribution in [2.45, 2.75) is 6.42 Å². The van der Waals surface area contributed by atoms with E-state index in [2.05, 4.69) is 10.1 Å². The summed E-state index contributed by atoms with van der Waals surface area (Å²) in [6.07, 6.45) is 0.438. The molecular weight excluding hydrogens is 292 g/mol. The third-order valence-electron chi connectivity index (χ3n) is 2.92. The molecule has 1 aromatic heterocycles. The van der Waals surface area contributed by atoms with Crippen LogP contribution in [0.3, 0.4) is 0 Å². The van der Waals surface area contributed by atoms with Crippen molar-refractivity contribution in [3.8, 4) is 23.0 Å². The molecule has 0 atom stereocenters. The first kappa shape index (κ1) is 13.5. The van der Waals surface area contributed by atoms with E-state index in [1.807, 2.05) is 18.2 Å². The number of benzene rings is 2. The average molecular weight is 303 g/mol. The van der Waals surface area contributed by atoms with Gasteiger partial charge in [-0.2, -0.15) is 4.98 Å². The van der Waals surface area contributed by atoms with Gasteiger partial charge >= 0.3 is 0 Å². The highest BCUT2D eigenvalue weighted by molar-refractivity contribution is 6.31. The summed E-state index contributed by atoms with van der Waals surface area (Å²) in [6, 6.07) is 11.5. The van der Waals surface area contributed by atoms with E-state index in [1.165, 1.54) is 18.2 Å². The van der Waals surface area contributed by atoms with Gasteiger partial charge in [-0.15, -0.1) is 0 Å². The zero-order valence-corrected chi connectivity index (χ0v) is 11.6. The molecule has 0 aliphatic heterocycles. The van der Waals surface area contributed by atoms with Crippen molar-refractivity contribution in [2.75, 3.05) is 0 Å². The maximum absolute atomic E-state index is 9.47. The maximum atomic E-state index is 9.47. The predicted molar refractivity (Wildman–Crippen MR) is 77.3 cm³/mol. The van der Waals surface area contributed by atoms with Crippen molar-refractivity contribution < 1.29 is 14.7 Å². The van der Waals surface area contributed by atoms with E-state index in [4.69, 9.17) is 16.1 Å². The van der Waals surface area contributed by atoms with E-state index in [0.29, 0.717) is 22.8 Å². The first-order chi connectivity index (χ1) is 10.1. The van der Waals surface area contributed by atoms with E-state index >= 15 is 0 Å². The third kappa shape index (κ3) is 2.98. The number of hydrogen-bond acceptors (Lipinski definition) is 5. The van der Waals surface area contributed by atoms with Crippen molar-refractivity contribution in [1.82, 2.24) is 10.1 Å². The first-order valence-corrected chi connectivity index (χ1v) is 6.59. The fourth-order valence-electron chi connectivity index (χ4n) is 1.97. The summed E-state index contributed by atoms with van der Waals surface area (Å²) < 4.78 is 5.15. The molecule has 0 unspecified atom stereocenters. The minimum Gasteiger partial charge on any atom is -0.508 e. The summed E-state index contributed by atoms with van der Waals surface area (Å²) in [6.45, 7) is 0. The highest BCUT2D eigenvalue weighted by Gasteiger charge is 2.12. The maximum Gasteiger partial charge on any atom is 0.258 e. The molecule has 0 saturated heterocycles. The van der Waals surface area contributed by atoms with Crippen molar-refractivity contribution in [3.63, 3.8) is 0 Å². The number of nitrogens with zero attached hydrogens (tertiary/aromatic N) is 2. The monoisotopic (exact) mass is 302 g/mol. The summed E-state index contributed by atoms with van der Waals surface area (Å²) >= 11 is 6.09. The molecule has 2 aromatic carbocycles. The second-order valence-electron chi connectivity index (χ2n) is 4.52. The number of phenolic OH excluding ortho intramolecular Hbond substituents is 2. The van der Waals surface area contributed by atoms with Gasteiger partial charge in [-0.05, 0) is 23.8 Å². The highest BCUT2D eigenvalue weighted by atomic mass is 35.5. The van der Waals surface area contributed by atoms with Crippen LogP contribution in [-0.2, 0) is 6.42 Å². The lowest BCUT2D eigenvalue weighted by atomic mass is 10.1. The van der Waals surface area contributed by atoms with Crippen LogP contribution in [0.25, 0.3) is 11.5 Å². The molecule has 0 radical (unpaired) electrons. The van der Waals surface area contributed by atoms with E-state index in [-0.39, 0.29) is 17.4 Å². The Kier molecular flexibility index (Phi) is 3.50. The fraction of sp³-hybridized carbons (Fsp3) is 0.0667. The van der Waals surface area contributed by atoms with Crippen molar-refractivity contribution in [2.24, 2.45) is 0 Å². The highest BCUT2D eigenvalue weighted by Crippen LogP contribution is 2.28. The van der Waals surface area contributed by atoms with Gasteiger partial charge in [0.15, 0.2) is 5.82 Å². The molecular formula is C15H11ClN2O3. The van der Waals surface area contributed by atoms with Gasteiger partial charge < -0.3 is 14.7 Å². The molecule has 2 N–H and O–H groups in total. The second kappa shape index (κ2) is 5.46. The van der Waals surface area contributed by atoms with E-state index in [9.17, 15) is 10.2 Å². The van der Waals surface area contributed by atoms with Crippen LogP contribution in [0.1, 0.15) is 11.4 Å². The lowest BCUT2D eigenvalue weighted by molar-refractivity contribution is 0.421. The molecule has 0 saturated carbocycles. The summed E-state index contributed by atoms with van der Waals surface area (Å²) in [5.41, 5.74) is 1.34. The zero-order valence-electron chi connectivity index (χ0n) is 10.8. The summed E-state index contributed by atoms with van der Waals surface area (Å²) in [4.78, 5) is 4.24. The number of halogens is 1. The Morgan fingerprint density at radius 1 is 1.05 bits per heavy atom. The molecule has 106 valence electrons. The average Bonchev–Trinajstić information content (AvgIpc) is 2.89. The standard InChI is InChI=1S/C15H11ClN2O3/c16-13-4-2-1-3-9(13)7-14-17-15(21-18-14)10-5-11(19)8-12(20)6-10/h1-6,8,19-20H,7H2. The minimum atomic E-state index is -0.0733. The summed E-state index contributed by atoms with van der Waals surface area (Å²) in [7, 11) is 0. The Labute approximate surface area is 125 Å². The molecule has 3 rings (SSSR count). The van der Waals surface area contributed by atoms with Gasteiger partial charge in [-0.3, -0.25) is 0 Å². The van der Waals surface area contributed by atoms with E-state index < -0.39 is 0 Å². The van der Waals surface area contributed by atoms with Gasteiger partial charge in [0.2, 0.25) is 0 Å². The van der Waals surface area contributed by atoms with E-state index in [0.717, 1.165) is 5.56 Å². The summed E-state index contributed by atoms with van der Waals surface area (Å²) in [5.74, 6) is 0.552. The third-order valence-corrected chi connectivity index (χ3v) is 3.29. The Morgan fingerprint density at radius 3 is 2.48 bits per heavy atom. The summed E-state index contributed by atoms with van der Waals surface area (Å²) in [5, 5.41) is 23.5. The molecule has 5 nitrogen and oxygen atoms in total. The van der Waals surface area contributed by atoms with Gasteiger partial charge in [0.1, 0.15) is 11.5 Å². The topological polar surface area (TPSA) is 79.4 Å². The molecule has 3 aromatic rings. The Morgan fingerprint density at radius 2 is 1.76 bits per heavy atom. The SMILES string of the molecule is Oc1cc(O)cc(-c2nc(Cc3ccccc3Cl)no2)c1. The molecule has 0 aliphatic rings. The zero-order chi connectivity index (χ0) is 14.8. The number of phenols is 2. The van der Waals surface area contributed by atoms with Crippen LogP contribution in [0.4, 0.5) is 0 Å². The first-order valence-electron chi connectivity index (χ1n) is 6.21. The van der Waals surface area contributed by atoms with Gasteiger partial charge in [0.05, 0.1) is 0 Å². The lowest BCUT2D eigenvalue weighted by Gasteiger charge is -1.99. The van der Waals surface area contributed by atoms with Gasteiger partial charge in [0.25, 0.3) is 5.89 Å². The van der Waals surface area contributed by atoms with Crippen LogP contribution in [-0.4, -0.2) is 20.4 Å². The molecule has 0 aliphatic carbocycles. The molecule has 0 bridgehead atoms. The second-order valence-corrected chi connectivity index (χ2v) is 4.93. The normalized spacial score (nSPS) is 10.7. The van der Waals surface area contributed by atoms with Crippen LogP contribution in [0.15, 0.2) is 47.0 Å². The number of hydrogen-bond donors (Lipinski definition) is 2. The number of aromatic hydroxyl groups is 2. The quantitative estimate of drug-likeness (QED) is 0.775. The molecule has 1 heterocycles. The Balaban J connectivity index is 1.88.